The molecule has 28 heavy (non-hydrogen) atoms. The third-order valence-corrected chi connectivity index (χ3v) is 6.37. The maximum atomic E-state index is 13.3. The van der Waals surface area contributed by atoms with Crippen LogP contribution in [0.1, 0.15) is 37.8 Å². The van der Waals surface area contributed by atoms with Crippen molar-refractivity contribution >= 4 is 40.0 Å². The largest absolute Gasteiger partial charge is 0.353 e. The van der Waals surface area contributed by atoms with Crippen LogP contribution >= 0.6 is 23.1 Å². The summed E-state index contributed by atoms with van der Waals surface area (Å²) in [5.41, 5.74) is 1.73. The Hall–Kier alpha value is -2.13. The minimum atomic E-state index is -0.120. The van der Waals surface area contributed by atoms with E-state index >= 15 is 0 Å². The predicted octanol–water partition coefficient (Wildman–Crippen LogP) is 3.04. The lowest BCUT2D eigenvalue weighted by atomic mass is 10.3. The van der Waals surface area contributed by atoms with Crippen molar-refractivity contribution in [1.29, 1.82) is 0 Å². The van der Waals surface area contributed by atoms with E-state index in [4.69, 9.17) is 4.98 Å². The van der Waals surface area contributed by atoms with Gasteiger partial charge in [-0.3, -0.25) is 18.8 Å². The molecule has 0 aliphatic heterocycles. The lowest BCUT2D eigenvalue weighted by molar-refractivity contribution is -0.119. The van der Waals surface area contributed by atoms with Crippen molar-refractivity contribution in [2.24, 2.45) is 0 Å². The van der Waals surface area contributed by atoms with E-state index in [9.17, 15) is 9.59 Å². The molecule has 0 aromatic carbocycles. The zero-order chi connectivity index (χ0) is 20.3. The van der Waals surface area contributed by atoms with Crippen molar-refractivity contribution in [3.05, 3.63) is 38.4 Å². The van der Waals surface area contributed by atoms with Gasteiger partial charge < -0.3 is 5.32 Å². The van der Waals surface area contributed by atoms with E-state index in [1.807, 2.05) is 45.2 Å². The molecule has 0 spiro atoms. The summed E-state index contributed by atoms with van der Waals surface area (Å²) in [5.74, 6) is 0.158. The van der Waals surface area contributed by atoms with Gasteiger partial charge in [-0.05, 0) is 38.6 Å². The van der Waals surface area contributed by atoms with Crippen LogP contribution in [0.15, 0.2) is 27.5 Å². The molecular formula is C19H25N5O2S2. The van der Waals surface area contributed by atoms with E-state index in [2.05, 4.69) is 10.4 Å². The fourth-order valence-corrected chi connectivity index (χ4v) is 4.37. The van der Waals surface area contributed by atoms with Gasteiger partial charge in [-0.2, -0.15) is 5.10 Å². The minimum absolute atomic E-state index is 0.0580. The molecule has 1 amide bonds. The van der Waals surface area contributed by atoms with Crippen LogP contribution in [0.5, 0.6) is 0 Å². The Labute approximate surface area is 172 Å². The molecule has 0 saturated carbocycles. The first kappa shape index (κ1) is 20.6. The molecule has 1 atom stereocenters. The Morgan fingerprint density at radius 3 is 2.82 bits per heavy atom. The van der Waals surface area contributed by atoms with Crippen molar-refractivity contribution in [2.75, 3.05) is 5.75 Å². The molecule has 0 radical (unpaired) electrons. The smallest absolute Gasteiger partial charge is 0.280 e. The number of thiophene rings is 1. The van der Waals surface area contributed by atoms with Crippen LogP contribution in [0.3, 0.4) is 0 Å². The van der Waals surface area contributed by atoms with Gasteiger partial charge >= 0.3 is 0 Å². The summed E-state index contributed by atoms with van der Waals surface area (Å²) in [6, 6.07) is 4.08. The summed E-state index contributed by atoms with van der Waals surface area (Å²) in [6.45, 7) is 8.85. The zero-order valence-corrected chi connectivity index (χ0v) is 18.2. The number of amides is 1. The van der Waals surface area contributed by atoms with Crippen molar-refractivity contribution in [2.45, 2.75) is 58.4 Å². The van der Waals surface area contributed by atoms with Gasteiger partial charge in [0.1, 0.15) is 5.52 Å². The van der Waals surface area contributed by atoms with Crippen molar-refractivity contribution < 1.29 is 4.79 Å². The van der Waals surface area contributed by atoms with Crippen molar-refractivity contribution in [3.63, 3.8) is 0 Å². The highest BCUT2D eigenvalue weighted by Crippen LogP contribution is 2.22. The van der Waals surface area contributed by atoms with Crippen LogP contribution in [0.25, 0.3) is 11.0 Å². The fraction of sp³-hybridized carbons (Fsp3) is 0.474. The third kappa shape index (κ3) is 4.30. The molecule has 0 unspecified atom stereocenters. The molecular weight excluding hydrogens is 394 g/mol. The van der Waals surface area contributed by atoms with Crippen LogP contribution in [0.2, 0.25) is 0 Å². The summed E-state index contributed by atoms with van der Waals surface area (Å²) < 4.78 is 3.36. The first-order chi connectivity index (χ1) is 13.4. The second-order valence-electron chi connectivity index (χ2n) is 6.63. The standard InChI is InChI=1S/C19H25N5O2S2/c1-5-12(3)20-15(25)11-28-19-21-16-13(4)22-24(6-2)17(16)18(26)23(19)10-14-8-7-9-27-14/h7-9,12H,5-6,10-11H2,1-4H3,(H,20,25)/t12-/m0/s1. The highest BCUT2D eigenvalue weighted by molar-refractivity contribution is 7.99. The van der Waals surface area contributed by atoms with Gasteiger partial charge in [-0.15, -0.1) is 11.3 Å². The summed E-state index contributed by atoms with van der Waals surface area (Å²) in [7, 11) is 0. The number of fused-ring (bicyclic) bond motifs is 1. The molecule has 150 valence electrons. The Morgan fingerprint density at radius 2 is 2.18 bits per heavy atom. The monoisotopic (exact) mass is 419 g/mol. The summed E-state index contributed by atoms with van der Waals surface area (Å²) in [4.78, 5) is 31.3. The molecule has 0 saturated heterocycles. The average Bonchev–Trinajstić information content (AvgIpc) is 3.30. The summed E-state index contributed by atoms with van der Waals surface area (Å²) in [5, 5.41) is 9.93. The van der Waals surface area contributed by atoms with Crippen LogP contribution in [-0.2, 0) is 17.9 Å². The lowest BCUT2D eigenvalue weighted by Crippen LogP contribution is -2.33. The van der Waals surface area contributed by atoms with Crippen LogP contribution < -0.4 is 10.9 Å². The Morgan fingerprint density at radius 1 is 1.39 bits per heavy atom. The number of thioether (sulfide) groups is 1. The fourth-order valence-electron chi connectivity index (χ4n) is 2.87. The summed E-state index contributed by atoms with van der Waals surface area (Å²) >= 11 is 2.88. The number of nitrogens with one attached hydrogen (secondary N) is 1. The minimum Gasteiger partial charge on any atom is -0.353 e. The number of hydrogen-bond acceptors (Lipinski definition) is 6. The van der Waals surface area contributed by atoms with E-state index in [0.29, 0.717) is 29.3 Å². The van der Waals surface area contributed by atoms with Crippen molar-refractivity contribution in [3.8, 4) is 0 Å². The Kier molecular flexibility index (Phi) is 6.56. The van der Waals surface area contributed by atoms with Gasteiger partial charge in [-0.25, -0.2) is 4.98 Å². The second-order valence-corrected chi connectivity index (χ2v) is 8.60. The maximum absolute atomic E-state index is 13.3. The quantitative estimate of drug-likeness (QED) is 0.448. The molecule has 0 aliphatic carbocycles. The molecule has 3 aromatic rings. The van der Waals surface area contributed by atoms with Crippen LogP contribution in [0, 0.1) is 6.92 Å². The SMILES string of the molecule is CC[C@H](C)NC(=O)CSc1nc2c(C)nn(CC)c2c(=O)n1Cc1cccs1. The Balaban J connectivity index is 2.00. The molecule has 3 heterocycles. The highest BCUT2D eigenvalue weighted by Gasteiger charge is 2.19. The molecule has 0 aliphatic rings. The third-order valence-electron chi connectivity index (χ3n) is 4.53. The zero-order valence-electron chi connectivity index (χ0n) is 16.6. The number of rotatable bonds is 8. The van der Waals surface area contributed by atoms with Gasteiger partial charge in [0.25, 0.3) is 5.56 Å². The van der Waals surface area contributed by atoms with E-state index < -0.39 is 0 Å². The maximum Gasteiger partial charge on any atom is 0.280 e. The van der Waals surface area contributed by atoms with E-state index in [1.54, 1.807) is 20.6 Å². The van der Waals surface area contributed by atoms with E-state index in [1.165, 1.54) is 11.8 Å². The second kappa shape index (κ2) is 8.91. The molecule has 7 nitrogen and oxygen atoms in total. The molecule has 0 bridgehead atoms. The molecule has 1 N–H and O–H groups in total. The number of hydrogen-bond donors (Lipinski definition) is 1. The first-order valence-electron chi connectivity index (χ1n) is 9.37. The molecule has 3 rings (SSSR count). The number of aromatic nitrogens is 4. The van der Waals surface area contributed by atoms with Crippen LogP contribution in [0.4, 0.5) is 0 Å². The van der Waals surface area contributed by atoms with Gasteiger partial charge in [-0.1, -0.05) is 24.8 Å². The van der Waals surface area contributed by atoms with Crippen LogP contribution in [-0.4, -0.2) is 37.0 Å². The van der Waals surface area contributed by atoms with E-state index in [-0.39, 0.29) is 23.3 Å². The van der Waals surface area contributed by atoms with Gasteiger partial charge in [0.2, 0.25) is 5.91 Å². The topological polar surface area (TPSA) is 81.8 Å². The van der Waals surface area contributed by atoms with Gasteiger partial charge in [0, 0.05) is 17.5 Å². The predicted molar refractivity (Wildman–Crippen MR) is 114 cm³/mol. The molecule has 9 heteroatoms. The normalized spacial score (nSPS) is 12.4. The van der Waals surface area contributed by atoms with Gasteiger partial charge in [0.05, 0.1) is 18.0 Å². The number of aryl methyl sites for hydroxylation is 2. The molecule has 0 fully saturated rings. The lowest BCUT2D eigenvalue weighted by Gasteiger charge is -2.13. The van der Waals surface area contributed by atoms with Crippen molar-refractivity contribution in [1.82, 2.24) is 24.6 Å². The molecule has 3 aromatic heterocycles. The number of nitrogens with zero attached hydrogens (tertiary/aromatic N) is 4. The summed E-state index contributed by atoms with van der Waals surface area (Å²) in [6.07, 6.45) is 0.874. The number of carbonyl (C=O) groups excluding carboxylic acids is 1. The highest BCUT2D eigenvalue weighted by atomic mass is 32.2. The number of carbonyl (C=O) groups is 1. The Bertz CT molecular complexity index is 1020. The first-order valence-corrected chi connectivity index (χ1v) is 11.2. The van der Waals surface area contributed by atoms with Gasteiger partial charge in [0.15, 0.2) is 10.7 Å². The average molecular weight is 420 g/mol. The van der Waals surface area contributed by atoms with E-state index in [0.717, 1.165) is 17.0 Å².